The number of rotatable bonds is 6. The standard InChI is InChI=1S/C22H19IN2O2/c1-16(17-7-9-19(10-8-17)18-5-3-2-4-6-18)24-25-22(26)15-27-21-13-11-20(23)12-14-21/h2-14H,15H2,1H3,(H,25,26)/b24-16-. The van der Waals surface area contributed by atoms with Gasteiger partial charge in [-0.25, -0.2) is 5.43 Å². The lowest BCUT2D eigenvalue weighted by Gasteiger charge is -2.07. The van der Waals surface area contributed by atoms with Crippen LogP contribution in [0.15, 0.2) is 84.0 Å². The fraction of sp³-hybridized carbons (Fsp3) is 0.0909. The van der Waals surface area contributed by atoms with Crippen molar-refractivity contribution in [3.8, 4) is 16.9 Å². The minimum absolute atomic E-state index is 0.0791. The van der Waals surface area contributed by atoms with E-state index in [-0.39, 0.29) is 12.5 Å². The molecule has 4 nitrogen and oxygen atoms in total. The molecule has 0 bridgehead atoms. The molecule has 5 heteroatoms. The molecule has 3 rings (SSSR count). The number of carbonyl (C=O) groups excluding carboxylic acids is 1. The molecule has 0 radical (unpaired) electrons. The largest absolute Gasteiger partial charge is 0.484 e. The molecule has 0 saturated heterocycles. The lowest BCUT2D eigenvalue weighted by molar-refractivity contribution is -0.123. The number of benzene rings is 3. The molecule has 1 amide bonds. The Balaban J connectivity index is 1.55. The van der Waals surface area contributed by atoms with Gasteiger partial charge in [-0.1, -0.05) is 54.6 Å². The van der Waals surface area contributed by atoms with Crippen molar-refractivity contribution in [2.45, 2.75) is 6.92 Å². The number of hydrogen-bond donors (Lipinski definition) is 1. The molecule has 0 atom stereocenters. The highest BCUT2D eigenvalue weighted by Gasteiger charge is 2.04. The molecule has 0 aliphatic heterocycles. The van der Waals surface area contributed by atoms with Gasteiger partial charge in [0.05, 0.1) is 5.71 Å². The van der Waals surface area contributed by atoms with Crippen molar-refractivity contribution in [1.29, 1.82) is 0 Å². The van der Waals surface area contributed by atoms with Crippen molar-refractivity contribution < 1.29 is 9.53 Å². The summed E-state index contributed by atoms with van der Waals surface area (Å²) in [5.74, 6) is 0.358. The van der Waals surface area contributed by atoms with Crippen molar-refractivity contribution in [2.24, 2.45) is 5.10 Å². The zero-order chi connectivity index (χ0) is 19.1. The van der Waals surface area contributed by atoms with E-state index in [1.807, 2.05) is 73.7 Å². The Morgan fingerprint density at radius 1 is 0.926 bits per heavy atom. The summed E-state index contributed by atoms with van der Waals surface area (Å²) in [7, 11) is 0. The lowest BCUT2D eigenvalue weighted by Crippen LogP contribution is -2.25. The first-order valence-electron chi connectivity index (χ1n) is 8.49. The molecular formula is C22H19IN2O2. The van der Waals surface area contributed by atoms with Crippen LogP contribution in [0.2, 0.25) is 0 Å². The third kappa shape index (κ3) is 5.65. The SMILES string of the molecule is C/C(=N/NC(=O)COc1ccc(I)cc1)c1ccc(-c2ccccc2)cc1. The van der Waals surface area contributed by atoms with Crippen molar-refractivity contribution in [3.05, 3.63) is 88.0 Å². The van der Waals surface area contributed by atoms with Crippen LogP contribution in [-0.2, 0) is 4.79 Å². The highest BCUT2D eigenvalue weighted by atomic mass is 127. The molecule has 0 aliphatic carbocycles. The molecule has 0 spiro atoms. The minimum Gasteiger partial charge on any atom is -0.484 e. The van der Waals surface area contributed by atoms with Gasteiger partial charge in [-0.3, -0.25) is 4.79 Å². The molecule has 0 fully saturated rings. The number of nitrogens with zero attached hydrogens (tertiary/aromatic N) is 1. The van der Waals surface area contributed by atoms with Crippen LogP contribution >= 0.6 is 22.6 Å². The van der Waals surface area contributed by atoms with Gasteiger partial charge in [0, 0.05) is 3.57 Å². The van der Waals surface area contributed by atoms with E-state index < -0.39 is 0 Å². The number of ether oxygens (including phenoxy) is 1. The topological polar surface area (TPSA) is 50.7 Å². The Labute approximate surface area is 172 Å². The van der Waals surface area contributed by atoms with Crippen LogP contribution in [0.1, 0.15) is 12.5 Å². The highest BCUT2D eigenvalue weighted by molar-refractivity contribution is 14.1. The third-order valence-corrected chi connectivity index (χ3v) is 4.66. The van der Waals surface area contributed by atoms with Gasteiger partial charge in [0.25, 0.3) is 5.91 Å². The number of amides is 1. The zero-order valence-corrected chi connectivity index (χ0v) is 17.0. The molecule has 27 heavy (non-hydrogen) atoms. The zero-order valence-electron chi connectivity index (χ0n) is 14.9. The summed E-state index contributed by atoms with van der Waals surface area (Å²) in [6.45, 7) is 1.78. The second-order valence-corrected chi connectivity index (χ2v) is 7.16. The first kappa shape index (κ1) is 19.1. The van der Waals surface area contributed by atoms with Gasteiger partial charge in [-0.2, -0.15) is 5.10 Å². The van der Waals surface area contributed by atoms with E-state index in [4.69, 9.17) is 4.74 Å². The summed E-state index contributed by atoms with van der Waals surface area (Å²) in [5, 5.41) is 4.16. The van der Waals surface area contributed by atoms with E-state index in [0.29, 0.717) is 5.75 Å². The fourth-order valence-corrected chi connectivity index (χ4v) is 2.82. The van der Waals surface area contributed by atoms with E-state index in [0.717, 1.165) is 20.4 Å². The molecule has 0 aromatic heterocycles. The van der Waals surface area contributed by atoms with E-state index in [1.165, 1.54) is 5.56 Å². The molecule has 1 N–H and O–H groups in total. The Kier molecular flexibility index (Phi) is 6.59. The average molecular weight is 470 g/mol. The van der Waals surface area contributed by atoms with E-state index >= 15 is 0 Å². The van der Waals surface area contributed by atoms with Gasteiger partial charge in [0.1, 0.15) is 5.75 Å². The maximum atomic E-state index is 11.9. The minimum atomic E-state index is -0.297. The summed E-state index contributed by atoms with van der Waals surface area (Å²) in [6, 6.07) is 25.8. The van der Waals surface area contributed by atoms with E-state index in [9.17, 15) is 4.79 Å². The number of hydrazone groups is 1. The van der Waals surface area contributed by atoms with Crippen molar-refractivity contribution in [1.82, 2.24) is 5.43 Å². The monoisotopic (exact) mass is 470 g/mol. The highest BCUT2D eigenvalue weighted by Crippen LogP contribution is 2.19. The first-order chi connectivity index (χ1) is 13.1. The maximum absolute atomic E-state index is 11.9. The molecule has 0 heterocycles. The first-order valence-corrected chi connectivity index (χ1v) is 9.57. The molecule has 136 valence electrons. The second-order valence-electron chi connectivity index (χ2n) is 5.92. The Morgan fingerprint density at radius 3 is 2.22 bits per heavy atom. The van der Waals surface area contributed by atoms with Crippen LogP contribution in [0.3, 0.4) is 0 Å². The van der Waals surface area contributed by atoms with Crippen molar-refractivity contribution in [3.63, 3.8) is 0 Å². The predicted molar refractivity (Wildman–Crippen MR) is 117 cm³/mol. The summed E-state index contributed by atoms with van der Waals surface area (Å²) < 4.78 is 6.55. The van der Waals surface area contributed by atoms with Crippen LogP contribution < -0.4 is 10.2 Å². The summed E-state index contributed by atoms with van der Waals surface area (Å²) >= 11 is 2.22. The summed E-state index contributed by atoms with van der Waals surface area (Å²) in [5.41, 5.74) is 6.52. The van der Waals surface area contributed by atoms with Gasteiger partial charge in [-0.05, 0) is 70.5 Å². The quantitative estimate of drug-likeness (QED) is 0.317. The van der Waals surface area contributed by atoms with Crippen LogP contribution in [0.25, 0.3) is 11.1 Å². The van der Waals surface area contributed by atoms with Crippen LogP contribution in [-0.4, -0.2) is 18.2 Å². The second kappa shape index (κ2) is 9.32. The van der Waals surface area contributed by atoms with E-state index in [2.05, 4.69) is 45.3 Å². The summed E-state index contributed by atoms with van der Waals surface area (Å²) in [6.07, 6.45) is 0. The number of nitrogens with one attached hydrogen (secondary N) is 1. The average Bonchev–Trinajstić information content (AvgIpc) is 2.72. The number of carbonyl (C=O) groups is 1. The van der Waals surface area contributed by atoms with Gasteiger partial charge < -0.3 is 4.74 Å². The van der Waals surface area contributed by atoms with Gasteiger partial charge in [-0.15, -0.1) is 0 Å². The normalized spacial score (nSPS) is 11.1. The van der Waals surface area contributed by atoms with Crippen molar-refractivity contribution >= 4 is 34.2 Å². The van der Waals surface area contributed by atoms with Crippen LogP contribution in [0.4, 0.5) is 0 Å². The molecular weight excluding hydrogens is 451 g/mol. The Hall–Kier alpha value is -2.67. The van der Waals surface area contributed by atoms with E-state index in [1.54, 1.807) is 0 Å². The van der Waals surface area contributed by atoms with Crippen LogP contribution in [0, 0.1) is 3.57 Å². The molecule has 0 saturated carbocycles. The fourth-order valence-electron chi connectivity index (χ4n) is 2.46. The number of halogens is 1. The van der Waals surface area contributed by atoms with Gasteiger partial charge >= 0.3 is 0 Å². The predicted octanol–water partition coefficient (Wildman–Crippen LogP) is 4.88. The van der Waals surface area contributed by atoms with Crippen molar-refractivity contribution in [2.75, 3.05) is 6.61 Å². The maximum Gasteiger partial charge on any atom is 0.277 e. The summed E-state index contributed by atoms with van der Waals surface area (Å²) in [4.78, 5) is 11.9. The molecule has 3 aromatic carbocycles. The van der Waals surface area contributed by atoms with Crippen LogP contribution in [0.5, 0.6) is 5.75 Å². The molecule has 0 unspecified atom stereocenters. The number of hydrogen-bond acceptors (Lipinski definition) is 3. The lowest BCUT2D eigenvalue weighted by atomic mass is 10.0. The smallest absolute Gasteiger partial charge is 0.277 e. The van der Waals surface area contributed by atoms with Gasteiger partial charge in [0.2, 0.25) is 0 Å². The third-order valence-electron chi connectivity index (χ3n) is 3.94. The van der Waals surface area contributed by atoms with Gasteiger partial charge in [0.15, 0.2) is 6.61 Å². The Bertz CT molecular complexity index is 921. The Morgan fingerprint density at radius 2 is 1.56 bits per heavy atom. The molecule has 0 aliphatic rings. The molecule has 3 aromatic rings.